The molecule has 148 valence electrons. The molecule has 28 heavy (non-hydrogen) atoms. The van der Waals surface area contributed by atoms with E-state index in [0.717, 1.165) is 49.9 Å². The summed E-state index contributed by atoms with van der Waals surface area (Å²) < 4.78 is 40.6. The number of rotatable bonds is 5. The van der Waals surface area contributed by atoms with Crippen molar-refractivity contribution < 1.29 is 12.8 Å². The molecule has 0 atom stereocenters. The Kier molecular flexibility index (Phi) is 5.12. The van der Waals surface area contributed by atoms with E-state index in [1.54, 1.807) is 6.07 Å². The van der Waals surface area contributed by atoms with Crippen molar-refractivity contribution in [2.75, 3.05) is 37.6 Å². The Morgan fingerprint density at radius 2 is 1.79 bits per heavy atom. The van der Waals surface area contributed by atoms with Gasteiger partial charge in [0.1, 0.15) is 5.82 Å². The predicted molar refractivity (Wildman–Crippen MR) is 110 cm³/mol. The first kappa shape index (κ1) is 19.0. The SMILES string of the molecule is CCCN1CCN(c2ccc3c(ccn3S(=O)(=O)c3cccc(F)c3)c2)CC1. The van der Waals surface area contributed by atoms with E-state index in [9.17, 15) is 12.8 Å². The molecule has 2 aromatic carbocycles. The van der Waals surface area contributed by atoms with E-state index in [-0.39, 0.29) is 4.90 Å². The molecule has 0 unspecified atom stereocenters. The quantitative estimate of drug-likeness (QED) is 0.656. The molecule has 0 saturated carbocycles. The van der Waals surface area contributed by atoms with Gasteiger partial charge >= 0.3 is 0 Å². The average molecular weight is 402 g/mol. The molecule has 0 aliphatic carbocycles. The smallest absolute Gasteiger partial charge is 0.268 e. The minimum atomic E-state index is -3.84. The van der Waals surface area contributed by atoms with Gasteiger partial charge in [0, 0.05) is 43.4 Å². The first-order chi connectivity index (χ1) is 13.5. The van der Waals surface area contributed by atoms with Crippen LogP contribution in [0.2, 0.25) is 0 Å². The van der Waals surface area contributed by atoms with Crippen molar-refractivity contribution in [2.24, 2.45) is 0 Å². The van der Waals surface area contributed by atoms with Gasteiger partial charge in [0.05, 0.1) is 10.4 Å². The van der Waals surface area contributed by atoms with Crippen molar-refractivity contribution in [3.8, 4) is 0 Å². The molecule has 1 aliphatic heterocycles. The first-order valence-corrected chi connectivity index (χ1v) is 11.0. The van der Waals surface area contributed by atoms with E-state index in [0.29, 0.717) is 5.52 Å². The standard InChI is InChI=1S/C21H24FN3O2S/c1-2-9-23-11-13-24(14-12-23)19-6-7-21-17(15-19)8-10-25(21)28(26,27)20-5-3-4-18(22)16-20/h3-8,10,15-16H,2,9,11-14H2,1H3. The molecule has 0 bridgehead atoms. The van der Waals surface area contributed by atoms with Crippen LogP contribution in [0.25, 0.3) is 10.9 Å². The summed E-state index contributed by atoms with van der Waals surface area (Å²) in [5, 5.41) is 0.855. The third kappa shape index (κ3) is 3.52. The van der Waals surface area contributed by atoms with E-state index in [2.05, 4.69) is 16.7 Å². The highest BCUT2D eigenvalue weighted by atomic mass is 32.2. The number of hydrogen-bond acceptors (Lipinski definition) is 4. The number of nitrogens with zero attached hydrogens (tertiary/aromatic N) is 3. The van der Waals surface area contributed by atoms with Crippen LogP contribution in [0.1, 0.15) is 13.3 Å². The van der Waals surface area contributed by atoms with Gasteiger partial charge in [-0.15, -0.1) is 0 Å². The van der Waals surface area contributed by atoms with Crippen LogP contribution in [0.15, 0.2) is 59.6 Å². The van der Waals surface area contributed by atoms with Gasteiger partial charge in [-0.1, -0.05) is 13.0 Å². The molecule has 0 N–H and O–H groups in total. The zero-order valence-corrected chi connectivity index (χ0v) is 16.7. The molecule has 1 saturated heterocycles. The lowest BCUT2D eigenvalue weighted by atomic mass is 10.2. The molecular formula is C21H24FN3O2S. The second kappa shape index (κ2) is 7.56. The van der Waals surface area contributed by atoms with Crippen LogP contribution in [0.5, 0.6) is 0 Å². The van der Waals surface area contributed by atoms with Crippen LogP contribution in [0.4, 0.5) is 10.1 Å². The fourth-order valence-electron chi connectivity index (χ4n) is 3.80. The zero-order valence-electron chi connectivity index (χ0n) is 15.9. The Bertz CT molecular complexity index is 1090. The van der Waals surface area contributed by atoms with Crippen molar-refractivity contribution in [2.45, 2.75) is 18.2 Å². The normalized spacial score (nSPS) is 16.0. The summed E-state index contributed by atoms with van der Waals surface area (Å²) in [6.07, 6.45) is 2.70. The van der Waals surface area contributed by atoms with Crippen molar-refractivity contribution in [1.29, 1.82) is 0 Å². The topological polar surface area (TPSA) is 45.5 Å². The Balaban J connectivity index is 1.62. The number of aromatic nitrogens is 1. The van der Waals surface area contributed by atoms with Crippen LogP contribution in [-0.2, 0) is 10.0 Å². The van der Waals surface area contributed by atoms with Gasteiger partial charge in [0.15, 0.2) is 0 Å². The van der Waals surface area contributed by atoms with Gasteiger partial charge < -0.3 is 4.90 Å². The fraction of sp³-hybridized carbons (Fsp3) is 0.333. The molecule has 4 rings (SSSR count). The van der Waals surface area contributed by atoms with Gasteiger partial charge in [-0.2, -0.15) is 0 Å². The summed E-state index contributed by atoms with van der Waals surface area (Å²) in [4.78, 5) is 4.75. The molecule has 0 radical (unpaired) electrons. The Morgan fingerprint density at radius 3 is 2.50 bits per heavy atom. The third-order valence-electron chi connectivity index (χ3n) is 5.27. The molecule has 1 aliphatic rings. The van der Waals surface area contributed by atoms with Crippen LogP contribution < -0.4 is 4.90 Å². The van der Waals surface area contributed by atoms with E-state index in [1.807, 2.05) is 18.2 Å². The third-order valence-corrected chi connectivity index (χ3v) is 6.95. The molecule has 7 heteroatoms. The highest BCUT2D eigenvalue weighted by molar-refractivity contribution is 7.90. The predicted octanol–water partition coefficient (Wildman–Crippen LogP) is 3.55. The van der Waals surface area contributed by atoms with Crippen LogP contribution in [0.3, 0.4) is 0 Å². The lowest BCUT2D eigenvalue weighted by Gasteiger charge is -2.36. The summed E-state index contributed by atoms with van der Waals surface area (Å²) in [5.74, 6) is -0.568. The Hall–Kier alpha value is -2.38. The van der Waals surface area contributed by atoms with Gasteiger partial charge in [0.25, 0.3) is 10.0 Å². The monoisotopic (exact) mass is 401 g/mol. The van der Waals surface area contributed by atoms with Gasteiger partial charge in [-0.05, 0) is 55.4 Å². The van der Waals surface area contributed by atoms with E-state index in [1.165, 1.54) is 34.8 Å². The van der Waals surface area contributed by atoms with Gasteiger partial charge in [-0.25, -0.2) is 16.8 Å². The van der Waals surface area contributed by atoms with E-state index in [4.69, 9.17) is 0 Å². The second-order valence-electron chi connectivity index (χ2n) is 7.15. The molecule has 0 spiro atoms. The summed E-state index contributed by atoms with van der Waals surface area (Å²) in [5.41, 5.74) is 1.70. The second-order valence-corrected chi connectivity index (χ2v) is 8.96. The molecule has 3 aromatic rings. The van der Waals surface area contributed by atoms with E-state index < -0.39 is 15.8 Å². The molecular weight excluding hydrogens is 377 g/mol. The van der Waals surface area contributed by atoms with Crippen molar-refractivity contribution in [3.05, 3.63) is 60.5 Å². The largest absolute Gasteiger partial charge is 0.369 e. The molecule has 2 heterocycles. The first-order valence-electron chi connectivity index (χ1n) is 9.58. The van der Waals surface area contributed by atoms with E-state index >= 15 is 0 Å². The number of hydrogen-bond donors (Lipinski definition) is 0. The number of benzene rings is 2. The maximum absolute atomic E-state index is 13.5. The minimum absolute atomic E-state index is 0.0545. The highest BCUT2D eigenvalue weighted by Gasteiger charge is 2.21. The number of halogens is 1. The lowest BCUT2D eigenvalue weighted by molar-refractivity contribution is 0.258. The van der Waals surface area contributed by atoms with Crippen LogP contribution >= 0.6 is 0 Å². The maximum Gasteiger partial charge on any atom is 0.268 e. The minimum Gasteiger partial charge on any atom is -0.369 e. The van der Waals surface area contributed by atoms with Gasteiger partial charge in [0.2, 0.25) is 0 Å². The average Bonchev–Trinajstić information content (AvgIpc) is 3.13. The Labute approximate surface area is 165 Å². The Morgan fingerprint density at radius 1 is 1.00 bits per heavy atom. The number of anilines is 1. The van der Waals surface area contributed by atoms with Crippen LogP contribution in [0, 0.1) is 5.82 Å². The molecule has 1 fully saturated rings. The van der Waals surface area contributed by atoms with Gasteiger partial charge in [-0.3, -0.25) is 4.90 Å². The number of fused-ring (bicyclic) bond motifs is 1. The van der Waals surface area contributed by atoms with Crippen molar-refractivity contribution in [1.82, 2.24) is 8.87 Å². The molecule has 5 nitrogen and oxygen atoms in total. The summed E-state index contributed by atoms with van der Waals surface area (Å²) in [7, 11) is -3.84. The summed E-state index contributed by atoms with van der Waals surface area (Å²) >= 11 is 0. The number of piperazine rings is 1. The lowest BCUT2D eigenvalue weighted by Crippen LogP contribution is -2.46. The summed E-state index contributed by atoms with van der Waals surface area (Å²) in [6.45, 7) is 7.35. The zero-order chi connectivity index (χ0) is 19.7. The van der Waals surface area contributed by atoms with Crippen LogP contribution in [-0.4, -0.2) is 50.0 Å². The maximum atomic E-state index is 13.5. The van der Waals surface area contributed by atoms with Crippen molar-refractivity contribution in [3.63, 3.8) is 0 Å². The summed E-state index contributed by atoms with van der Waals surface area (Å²) in [6, 6.07) is 12.7. The molecule has 1 aromatic heterocycles. The van der Waals surface area contributed by atoms with Crippen molar-refractivity contribution >= 4 is 26.6 Å². The highest BCUT2D eigenvalue weighted by Crippen LogP contribution is 2.27. The fourth-order valence-corrected chi connectivity index (χ4v) is 5.18. The molecule has 0 amide bonds.